The largest absolute Gasteiger partial charge is 0.464 e. The number of carbonyl (C=O) groups excluding carboxylic acids is 2. The second kappa shape index (κ2) is 12.0. The number of nitrogens with one attached hydrogen (secondary N) is 2. The number of esters is 1. The minimum absolute atomic E-state index is 0.254. The summed E-state index contributed by atoms with van der Waals surface area (Å²) in [7, 11) is 1.35. The van der Waals surface area contributed by atoms with Gasteiger partial charge in [0.25, 0.3) is 5.91 Å². The van der Waals surface area contributed by atoms with E-state index in [1.165, 1.54) is 7.11 Å². The van der Waals surface area contributed by atoms with E-state index in [9.17, 15) is 9.59 Å². The molecule has 0 aliphatic carbocycles. The maximum absolute atomic E-state index is 13.1. The number of carbonyl (C=O) groups is 2. The van der Waals surface area contributed by atoms with Crippen molar-refractivity contribution in [3.05, 3.63) is 53.9 Å². The summed E-state index contributed by atoms with van der Waals surface area (Å²) in [5.74, 6) is -0.217. The van der Waals surface area contributed by atoms with E-state index in [4.69, 9.17) is 14.5 Å². The van der Waals surface area contributed by atoms with E-state index in [2.05, 4.69) is 36.6 Å². The van der Waals surface area contributed by atoms with Gasteiger partial charge in [0, 0.05) is 25.1 Å². The van der Waals surface area contributed by atoms with Crippen molar-refractivity contribution in [2.24, 2.45) is 5.92 Å². The minimum atomic E-state index is -0.526. The predicted octanol–water partition coefficient (Wildman–Crippen LogP) is 5.03. The summed E-state index contributed by atoms with van der Waals surface area (Å²) >= 11 is 0. The molecule has 8 nitrogen and oxygen atoms in total. The zero-order chi connectivity index (χ0) is 25.5. The van der Waals surface area contributed by atoms with Gasteiger partial charge in [-0.15, -0.1) is 0 Å². The Kier molecular flexibility index (Phi) is 8.59. The third-order valence-electron chi connectivity index (χ3n) is 6.96. The summed E-state index contributed by atoms with van der Waals surface area (Å²) in [5, 5.41) is 7.17. The van der Waals surface area contributed by atoms with Gasteiger partial charge >= 0.3 is 5.97 Å². The molecular formula is C28H36N4O4. The number of nitrogens with zero attached hydrogens (tertiary/aromatic N) is 2. The molecule has 0 radical (unpaired) electrons. The summed E-state index contributed by atoms with van der Waals surface area (Å²) in [6.07, 6.45) is 5.64. The van der Waals surface area contributed by atoms with Crippen molar-refractivity contribution in [2.45, 2.75) is 58.6 Å². The van der Waals surface area contributed by atoms with Crippen LogP contribution in [0.25, 0.3) is 11.0 Å². The zero-order valence-corrected chi connectivity index (χ0v) is 21.4. The zero-order valence-electron chi connectivity index (χ0n) is 21.4. The number of fused-ring (bicyclic) bond motifs is 1. The van der Waals surface area contributed by atoms with E-state index >= 15 is 0 Å². The van der Waals surface area contributed by atoms with Crippen LogP contribution < -0.4 is 10.6 Å². The molecule has 1 atom stereocenters. The van der Waals surface area contributed by atoms with Crippen molar-refractivity contribution in [1.82, 2.24) is 9.55 Å². The first-order valence-electron chi connectivity index (χ1n) is 12.9. The van der Waals surface area contributed by atoms with Crippen molar-refractivity contribution in [1.29, 1.82) is 0 Å². The first kappa shape index (κ1) is 25.7. The fraction of sp³-hybridized carbons (Fsp3) is 0.464. The minimum Gasteiger partial charge on any atom is -0.464 e. The Balaban J connectivity index is 1.75. The molecule has 1 amide bonds. The molecule has 1 aliphatic heterocycles. The lowest BCUT2D eigenvalue weighted by Gasteiger charge is -2.14. The number of aromatic nitrogens is 2. The molecule has 4 rings (SSSR count). The molecule has 3 heterocycles. The molecule has 3 aromatic rings. The fourth-order valence-corrected chi connectivity index (χ4v) is 4.69. The van der Waals surface area contributed by atoms with Gasteiger partial charge in [0.15, 0.2) is 5.69 Å². The highest BCUT2D eigenvalue weighted by Gasteiger charge is 2.30. The molecule has 0 spiro atoms. The Morgan fingerprint density at radius 1 is 1.22 bits per heavy atom. The van der Waals surface area contributed by atoms with Crippen LogP contribution in [0.3, 0.4) is 0 Å². The summed E-state index contributed by atoms with van der Waals surface area (Å²) < 4.78 is 12.6. The highest BCUT2D eigenvalue weighted by atomic mass is 16.5. The molecule has 0 bridgehead atoms. The smallest absolute Gasteiger partial charge is 0.356 e. The van der Waals surface area contributed by atoms with Gasteiger partial charge in [-0.1, -0.05) is 57.0 Å². The first-order valence-corrected chi connectivity index (χ1v) is 12.9. The summed E-state index contributed by atoms with van der Waals surface area (Å²) in [6.45, 7) is 6.27. The third kappa shape index (κ3) is 5.70. The Bertz CT molecular complexity index is 1180. The quantitative estimate of drug-likeness (QED) is 0.365. The van der Waals surface area contributed by atoms with Gasteiger partial charge in [0.05, 0.1) is 24.7 Å². The third-order valence-corrected chi connectivity index (χ3v) is 6.96. The number of ether oxygens (including phenoxy) is 2. The Morgan fingerprint density at radius 3 is 2.67 bits per heavy atom. The lowest BCUT2D eigenvalue weighted by molar-refractivity contribution is -0.124. The van der Waals surface area contributed by atoms with Crippen molar-refractivity contribution in [3.8, 4) is 0 Å². The van der Waals surface area contributed by atoms with Crippen LogP contribution in [0.4, 0.5) is 11.4 Å². The summed E-state index contributed by atoms with van der Waals surface area (Å²) in [5.41, 5.74) is 3.33. The number of amides is 1. The van der Waals surface area contributed by atoms with Gasteiger partial charge in [0.1, 0.15) is 11.8 Å². The lowest BCUT2D eigenvalue weighted by atomic mass is 10.0. The molecule has 2 N–H and O–H groups in total. The van der Waals surface area contributed by atoms with Crippen LogP contribution >= 0.6 is 0 Å². The predicted molar refractivity (Wildman–Crippen MR) is 141 cm³/mol. The average molecular weight is 493 g/mol. The number of benzene rings is 1. The normalized spacial score (nSPS) is 15.4. The second-order valence-corrected chi connectivity index (χ2v) is 9.25. The van der Waals surface area contributed by atoms with Crippen molar-refractivity contribution >= 4 is 34.3 Å². The molecule has 1 fully saturated rings. The summed E-state index contributed by atoms with van der Waals surface area (Å²) in [4.78, 5) is 30.8. The lowest BCUT2D eigenvalue weighted by Crippen LogP contribution is -2.28. The van der Waals surface area contributed by atoms with Crippen LogP contribution in [0, 0.1) is 5.92 Å². The Morgan fingerprint density at radius 2 is 2.00 bits per heavy atom. The fourth-order valence-electron chi connectivity index (χ4n) is 4.69. The van der Waals surface area contributed by atoms with Crippen molar-refractivity contribution in [3.63, 3.8) is 0 Å². The van der Waals surface area contributed by atoms with E-state index in [1.54, 1.807) is 6.20 Å². The monoisotopic (exact) mass is 492 g/mol. The maximum atomic E-state index is 13.1. The van der Waals surface area contributed by atoms with Crippen LogP contribution in [-0.2, 0) is 27.2 Å². The SMILES string of the molecule is CCC(CC)CNc1cnc2c(c1)c(NC(=O)C1CCCO1)c(C(=O)OC)n2CCc1ccccc1. The van der Waals surface area contributed by atoms with Crippen molar-refractivity contribution in [2.75, 3.05) is 30.9 Å². The van der Waals surface area contributed by atoms with Gasteiger partial charge in [0.2, 0.25) is 0 Å². The van der Waals surface area contributed by atoms with E-state index < -0.39 is 12.1 Å². The molecule has 2 aromatic heterocycles. The van der Waals surface area contributed by atoms with E-state index in [0.717, 1.165) is 37.1 Å². The van der Waals surface area contributed by atoms with E-state index in [1.807, 2.05) is 28.8 Å². The number of hydrogen-bond acceptors (Lipinski definition) is 6. The standard InChI is InChI=1S/C28H36N4O4/c1-4-19(5-2)17-29-21-16-22-24(31-27(33)23-12-9-15-36-23)25(28(34)35-3)32(26(22)30-18-21)14-13-20-10-7-6-8-11-20/h6-8,10-11,16,18-19,23,29H,4-5,9,12-15,17H2,1-3H3,(H,31,33). The first-order chi connectivity index (χ1) is 17.5. The molecule has 1 aliphatic rings. The van der Waals surface area contributed by atoms with Crippen LogP contribution in [0.1, 0.15) is 55.6 Å². The van der Waals surface area contributed by atoms with Gasteiger partial charge in [-0.2, -0.15) is 0 Å². The molecule has 1 unspecified atom stereocenters. The Labute approximate surface area is 212 Å². The molecule has 0 saturated carbocycles. The average Bonchev–Trinajstić information content (AvgIpc) is 3.55. The molecular weight excluding hydrogens is 456 g/mol. The highest BCUT2D eigenvalue weighted by molar-refractivity contribution is 6.12. The number of pyridine rings is 1. The molecule has 8 heteroatoms. The van der Waals surface area contributed by atoms with Crippen LogP contribution in [0.5, 0.6) is 0 Å². The molecule has 1 saturated heterocycles. The number of anilines is 2. The molecule has 36 heavy (non-hydrogen) atoms. The topological polar surface area (TPSA) is 94.5 Å². The van der Waals surface area contributed by atoms with E-state index in [-0.39, 0.29) is 5.91 Å². The summed E-state index contributed by atoms with van der Waals surface area (Å²) in [6, 6.07) is 12.0. The molecule has 192 valence electrons. The van der Waals surface area contributed by atoms with Gasteiger partial charge < -0.3 is 24.7 Å². The Hall–Kier alpha value is -3.39. The van der Waals surface area contributed by atoms with Crippen LogP contribution in [0.15, 0.2) is 42.6 Å². The van der Waals surface area contributed by atoms with Crippen LogP contribution in [0.2, 0.25) is 0 Å². The van der Waals surface area contributed by atoms with Gasteiger partial charge in [-0.05, 0) is 36.8 Å². The highest BCUT2D eigenvalue weighted by Crippen LogP contribution is 2.33. The van der Waals surface area contributed by atoms with Crippen molar-refractivity contribution < 1.29 is 19.1 Å². The number of methoxy groups -OCH3 is 1. The molecule has 1 aromatic carbocycles. The maximum Gasteiger partial charge on any atom is 0.356 e. The number of aryl methyl sites for hydroxylation is 2. The number of hydrogen-bond donors (Lipinski definition) is 2. The van der Waals surface area contributed by atoms with Gasteiger partial charge in [-0.25, -0.2) is 9.78 Å². The van der Waals surface area contributed by atoms with Gasteiger partial charge in [-0.3, -0.25) is 4.79 Å². The number of rotatable bonds is 11. The van der Waals surface area contributed by atoms with E-state index in [0.29, 0.717) is 54.3 Å². The van der Waals surface area contributed by atoms with Crippen LogP contribution in [-0.4, -0.2) is 47.8 Å². The second-order valence-electron chi connectivity index (χ2n) is 9.25.